The summed E-state index contributed by atoms with van der Waals surface area (Å²) in [6, 6.07) is 5.92. The molecule has 0 aliphatic rings. The van der Waals surface area contributed by atoms with Crippen LogP contribution in [0.25, 0.3) is 0 Å². The van der Waals surface area contributed by atoms with Crippen LogP contribution in [0, 0.1) is 10.1 Å². The molecule has 0 spiro atoms. The number of non-ortho nitro benzene ring substituents is 1. The number of hydrogen-bond acceptors (Lipinski definition) is 7. The highest BCUT2D eigenvalue weighted by Gasteiger charge is 2.18. The molecule has 0 aliphatic carbocycles. The maximum atomic E-state index is 11.3. The Kier molecular flexibility index (Phi) is 3.60. The fourth-order valence-corrected chi connectivity index (χ4v) is 1.58. The van der Waals surface area contributed by atoms with Crippen molar-refractivity contribution in [3.63, 3.8) is 0 Å². The van der Waals surface area contributed by atoms with E-state index in [1.807, 2.05) is 0 Å². The largest absolute Gasteiger partial charge is 0.464 e. The Hall–Kier alpha value is -2.97. The van der Waals surface area contributed by atoms with Crippen molar-refractivity contribution in [3.05, 3.63) is 45.6 Å². The van der Waals surface area contributed by atoms with Gasteiger partial charge in [-0.2, -0.15) is 0 Å². The summed E-state index contributed by atoms with van der Waals surface area (Å²) in [6.07, 6.45) is 0. The molecule has 0 saturated carbocycles. The lowest BCUT2D eigenvalue weighted by Gasteiger charge is -2.03. The Morgan fingerprint density at radius 3 is 2.65 bits per heavy atom. The monoisotopic (exact) mass is 277 g/mol. The number of esters is 1. The van der Waals surface area contributed by atoms with E-state index in [0.29, 0.717) is 0 Å². The first-order chi connectivity index (χ1) is 9.52. The van der Waals surface area contributed by atoms with Gasteiger partial charge in [0.05, 0.1) is 18.6 Å². The van der Waals surface area contributed by atoms with Gasteiger partial charge in [-0.3, -0.25) is 10.1 Å². The zero-order chi connectivity index (χ0) is 14.7. The molecule has 1 aromatic heterocycles. The lowest BCUT2D eigenvalue weighted by molar-refractivity contribution is -0.384. The molecule has 1 aromatic carbocycles. The van der Waals surface area contributed by atoms with Gasteiger partial charge in [0.1, 0.15) is 0 Å². The first-order valence-corrected chi connectivity index (χ1v) is 5.53. The molecule has 0 radical (unpaired) electrons. The second kappa shape index (κ2) is 5.34. The van der Waals surface area contributed by atoms with Crippen LogP contribution in [0.5, 0.6) is 0 Å². The zero-order valence-corrected chi connectivity index (χ0v) is 10.5. The van der Waals surface area contributed by atoms with Gasteiger partial charge in [-0.15, -0.1) is 5.10 Å². The van der Waals surface area contributed by atoms with Crippen molar-refractivity contribution in [1.29, 1.82) is 0 Å². The van der Waals surface area contributed by atoms with Crippen LogP contribution in [0.2, 0.25) is 0 Å². The van der Waals surface area contributed by atoms with E-state index >= 15 is 0 Å². The number of ether oxygens (including phenoxy) is 1. The maximum absolute atomic E-state index is 11.3. The molecule has 9 nitrogen and oxygen atoms in total. The van der Waals surface area contributed by atoms with Crippen LogP contribution < -0.4 is 5.73 Å². The molecule has 20 heavy (non-hydrogen) atoms. The summed E-state index contributed by atoms with van der Waals surface area (Å²) in [6.45, 7) is 0.244. The molecule has 0 unspecified atom stereocenters. The number of nitro benzene ring substituents is 1. The first kappa shape index (κ1) is 13.5. The normalized spacial score (nSPS) is 10.2. The predicted octanol–water partition coefficient (Wildman–Crippen LogP) is 0.603. The van der Waals surface area contributed by atoms with Gasteiger partial charge in [-0.05, 0) is 5.56 Å². The Morgan fingerprint density at radius 1 is 1.45 bits per heavy atom. The Bertz CT molecular complexity index is 649. The maximum Gasteiger partial charge on any atom is 0.362 e. The van der Waals surface area contributed by atoms with E-state index < -0.39 is 10.9 Å². The SMILES string of the molecule is COC(=O)c1nnn(Cc2ccc([N+](=O)[O-])cc2)c1N. The van der Waals surface area contributed by atoms with Crippen molar-refractivity contribution in [1.82, 2.24) is 15.0 Å². The molecule has 2 rings (SSSR count). The summed E-state index contributed by atoms with van der Waals surface area (Å²) in [4.78, 5) is 21.4. The average molecular weight is 277 g/mol. The molecular weight excluding hydrogens is 266 g/mol. The van der Waals surface area contributed by atoms with Crippen molar-refractivity contribution in [2.24, 2.45) is 0 Å². The molecule has 0 atom stereocenters. The van der Waals surface area contributed by atoms with Gasteiger partial charge in [-0.1, -0.05) is 17.3 Å². The number of anilines is 1. The van der Waals surface area contributed by atoms with E-state index in [4.69, 9.17) is 5.73 Å². The number of carbonyl (C=O) groups is 1. The highest BCUT2D eigenvalue weighted by atomic mass is 16.6. The summed E-state index contributed by atoms with van der Waals surface area (Å²) in [5, 5.41) is 17.9. The molecule has 0 saturated heterocycles. The van der Waals surface area contributed by atoms with Gasteiger partial charge >= 0.3 is 5.97 Å². The van der Waals surface area contributed by atoms with Gasteiger partial charge in [-0.25, -0.2) is 9.48 Å². The van der Waals surface area contributed by atoms with Gasteiger partial charge in [0, 0.05) is 12.1 Å². The second-order valence-electron chi connectivity index (χ2n) is 3.90. The molecule has 0 aliphatic heterocycles. The number of nitro groups is 1. The van der Waals surface area contributed by atoms with Crippen LogP contribution in [0.4, 0.5) is 11.5 Å². The number of nitrogens with two attached hydrogens (primary N) is 1. The number of hydrogen-bond donors (Lipinski definition) is 1. The fourth-order valence-electron chi connectivity index (χ4n) is 1.58. The molecule has 9 heteroatoms. The number of rotatable bonds is 4. The first-order valence-electron chi connectivity index (χ1n) is 5.53. The average Bonchev–Trinajstić information content (AvgIpc) is 2.80. The summed E-state index contributed by atoms with van der Waals surface area (Å²) in [5.74, 6) is -0.590. The van der Waals surface area contributed by atoms with Gasteiger partial charge in [0.25, 0.3) is 5.69 Å². The third-order valence-corrected chi connectivity index (χ3v) is 2.63. The lowest BCUT2D eigenvalue weighted by atomic mass is 10.2. The smallest absolute Gasteiger partial charge is 0.362 e. The van der Waals surface area contributed by atoms with E-state index in [0.717, 1.165) is 5.56 Å². The van der Waals surface area contributed by atoms with Crippen molar-refractivity contribution < 1.29 is 14.5 Å². The van der Waals surface area contributed by atoms with Gasteiger partial charge < -0.3 is 10.5 Å². The number of nitrogens with zero attached hydrogens (tertiary/aromatic N) is 4. The standard InChI is InChI=1S/C11H11N5O4/c1-20-11(17)9-10(12)15(14-13-9)6-7-2-4-8(5-3-7)16(18)19/h2-5H,6,12H2,1H3. The molecule has 0 amide bonds. The van der Waals surface area contributed by atoms with Crippen molar-refractivity contribution >= 4 is 17.5 Å². The van der Waals surface area contributed by atoms with Crippen molar-refractivity contribution in [3.8, 4) is 0 Å². The zero-order valence-electron chi connectivity index (χ0n) is 10.5. The summed E-state index contributed by atoms with van der Waals surface area (Å²) in [5.41, 5.74) is 6.41. The Balaban J connectivity index is 2.20. The van der Waals surface area contributed by atoms with E-state index in [1.165, 1.54) is 23.9 Å². The van der Waals surface area contributed by atoms with Crippen LogP contribution in [0.3, 0.4) is 0 Å². The van der Waals surface area contributed by atoms with Gasteiger partial charge in [0.15, 0.2) is 5.82 Å². The van der Waals surface area contributed by atoms with Gasteiger partial charge in [0.2, 0.25) is 5.69 Å². The number of aromatic nitrogens is 3. The molecule has 0 bridgehead atoms. The fraction of sp³-hybridized carbons (Fsp3) is 0.182. The van der Waals surface area contributed by atoms with E-state index in [2.05, 4.69) is 15.0 Å². The number of benzene rings is 1. The molecular formula is C11H11N5O4. The van der Waals surface area contributed by atoms with Crippen molar-refractivity contribution in [2.45, 2.75) is 6.54 Å². The van der Waals surface area contributed by atoms with Crippen LogP contribution in [0.1, 0.15) is 16.1 Å². The third kappa shape index (κ3) is 2.55. The Morgan fingerprint density at radius 2 is 2.10 bits per heavy atom. The van der Waals surface area contributed by atoms with Crippen molar-refractivity contribution in [2.75, 3.05) is 12.8 Å². The molecule has 2 aromatic rings. The number of carbonyl (C=O) groups excluding carboxylic acids is 1. The number of methoxy groups -OCH3 is 1. The van der Waals surface area contributed by atoms with Crippen LogP contribution >= 0.6 is 0 Å². The molecule has 2 N–H and O–H groups in total. The Labute approximate surface area is 113 Å². The van der Waals surface area contributed by atoms with E-state index in [9.17, 15) is 14.9 Å². The third-order valence-electron chi connectivity index (χ3n) is 2.63. The van der Waals surface area contributed by atoms with Crippen LogP contribution in [0.15, 0.2) is 24.3 Å². The van der Waals surface area contributed by atoms with Crippen LogP contribution in [-0.2, 0) is 11.3 Å². The predicted molar refractivity (Wildman–Crippen MR) is 68.0 cm³/mol. The van der Waals surface area contributed by atoms with Crippen LogP contribution in [-0.4, -0.2) is 33.0 Å². The molecule has 104 valence electrons. The number of nitrogen functional groups attached to an aromatic ring is 1. The molecule has 0 fully saturated rings. The quantitative estimate of drug-likeness (QED) is 0.492. The lowest BCUT2D eigenvalue weighted by Crippen LogP contribution is -2.09. The molecule has 1 heterocycles. The minimum atomic E-state index is -0.669. The minimum Gasteiger partial charge on any atom is -0.464 e. The van der Waals surface area contributed by atoms with E-state index in [-0.39, 0.29) is 23.7 Å². The topological polar surface area (TPSA) is 126 Å². The summed E-state index contributed by atoms with van der Waals surface area (Å²) in [7, 11) is 1.22. The highest BCUT2D eigenvalue weighted by Crippen LogP contribution is 2.15. The minimum absolute atomic E-state index is 0.00411. The summed E-state index contributed by atoms with van der Waals surface area (Å²) >= 11 is 0. The van der Waals surface area contributed by atoms with E-state index in [1.54, 1.807) is 12.1 Å². The highest BCUT2D eigenvalue weighted by molar-refractivity contribution is 5.91. The summed E-state index contributed by atoms with van der Waals surface area (Å²) < 4.78 is 5.83. The second-order valence-corrected chi connectivity index (χ2v) is 3.90.